The second-order valence-electron chi connectivity index (χ2n) is 3.78. The molecule has 0 spiro atoms. The van der Waals surface area contributed by atoms with E-state index in [1.54, 1.807) is 0 Å². The molecule has 2 aliphatic rings. The minimum atomic E-state index is -0.0845. The summed E-state index contributed by atoms with van der Waals surface area (Å²) >= 11 is 0. The lowest BCUT2D eigenvalue weighted by atomic mass is 9.86. The van der Waals surface area contributed by atoms with Crippen molar-refractivity contribution in [3.05, 3.63) is 0 Å². The molecule has 0 aromatic rings. The Kier molecular flexibility index (Phi) is 2.35. The highest BCUT2D eigenvalue weighted by atomic mass is 16.9. The van der Waals surface area contributed by atoms with Crippen LogP contribution >= 0.6 is 0 Å². The fourth-order valence-electron chi connectivity index (χ4n) is 1.98. The van der Waals surface area contributed by atoms with Crippen molar-refractivity contribution in [3.8, 4) is 0 Å². The first kappa shape index (κ1) is 8.48. The SMILES string of the molecule is CC1OC(C2CCC(O)CC2)O1. The molecule has 2 fully saturated rings. The van der Waals surface area contributed by atoms with Crippen LogP contribution in [0.2, 0.25) is 0 Å². The van der Waals surface area contributed by atoms with Crippen molar-refractivity contribution in [3.63, 3.8) is 0 Å². The number of hydrogen-bond donors (Lipinski definition) is 1. The van der Waals surface area contributed by atoms with E-state index in [-0.39, 0.29) is 18.7 Å². The van der Waals surface area contributed by atoms with Gasteiger partial charge in [0.2, 0.25) is 0 Å². The maximum atomic E-state index is 9.27. The number of rotatable bonds is 1. The highest BCUT2D eigenvalue weighted by Crippen LogP contribution is 2.33. The van der Waals surface area contributed by atoms with E-state index in [9.17, 15) is 5.11 Å². The van der Waals surface area contributed by atoms with Gasteiger partial charge in [-0.15, -0.1) is 0 Å². The predicted molar refractivity (Wildman–Crippen MR) is 43.4 cm³/mol. The van der Waals surface area contributed by atoms with Crippen LogP contribution in [-0.4, -0.2) is 23.8 Å². The molecule has 1 saturated carbocycles. The van der Waals surface area contributed by atoms with Crippen LogP contribution in [-0.2, 0) is 9.47 Å². The molecule has 0 aromatic heterocycles. The van der Waals surface area contributed by atoms with Crippen LogP contribution in [0.1, 0.15) is 32.6 Å². The van der Waals surface area contributed by atoms with E-state index in [0.717, 1.165) is 25.7 Å². The molecular weight excluding hydrogens is 156 g/mol. The van der Waals surface area contributed by atoms with Crippen LogP contribution in [0, 0.1) is 5.92 Å². The summed E-state index contributed by atoms with van der Waals surface area (Å²) in [6.45, 7) is 1.91. The molecule has 3 nitrogen and oxygen atoms in total. The van der Waals surface area contributed by atoms with Gasteiger partial charge in [0.25, 0.3) is 0 Å². The van der Waals surface area contributed by atoms with Gasteiger partial charge in [-0.05, 0) is 32.6 Å². The minimum Gasteiger partial charge on any atom is -0.393 e. The van der Waals surface area contributed by atoms with Crippen molar-refractivity contribution in [2.45, 2.75) is 51.3 Å². The van der Waals surface area contributed by atoms with E-state index in [4.69, 9.17) is 9.47 Å². The maximum Gasteiger partial charge on any atom is 0.166 e. The van der Waals surface area contributed by atoms with E-state index in [1.807, 2.05) is 6.92 Å². The summed E-state index contributed by atoms with van der Waals surface area (Å²) < 4.78 is 10.8. The van der Waals surface area contributed by atoms with Gasteiger partial charge in [0, 0.05) is 5.92 Å². The number of aliphatic hydroxyl groups is 1. The van der Waals surface area contributed by atoms with E-state index in [0.29, 0.717) is 5.92 Å². The van der Waals surface area contributed by atoms with Crippen molar-refractivity contribution in [1.82, 2.24) is 0 Å². The van der Waals surface area contributed by atoms with Crippen LogP contribution in [0.4, 0.5) is 0 Å². The third-order valence-corrected chi connectivity index (χ3v) is 2.78. The van der Waals surface area contributed by atoms with Gasteiger partial charge in [0.1, 0.15) is 0 Å². The van der Waals surface area contributed by atoms with Gasteiger partial charge in [0.15, 0.2) is 12.6 Å². The van der Waals surface area contributed by atoms with Crippen molar-refractivity contribution < 1.29 is 14.6 Å². The summed E-state index contributed by atoms with van der Waals surface area (Å²) in [5.74, 6) is 0.518. The predicted octanol–water partition coefficient (Wildman–Crippen LogP) is 1.26. The van der Waals surface area contributed by atoms with Crippen LogP contribution < -0.4 is 0 Å². The van der Waals surface area contributed by atoms with Crippen molar-refractivity contribution in [2.24, 2.45) is 5.92 Å². The van der Waals surface area contributed by atoms with Crippen molar-refractivity contribution >= 4 is 0 Å². The number of aliphatic hydroxyl groups excluding tert-OH is 1. The Morgan fingerprint density at radius 2 is 1.67 bits per heavy atom. The molecule has 12 heavy (non-hydrogen) atoms. The molecule has 1 aliphatic heterocycles. The zero-order valence-corrected chi connectivity index (χ0v) is 7.40. The minimum absolute atomic E-state index is 0.0122. The molecule has 1 saturated heterocycles. The van der Waals surface area contributed by atoms with E-state index >= 15 is 0 Å². The summed E-state index contributed by atoms with van der Waals surface area (Å²) in [6.07, 6.45) is 3.81. The summed E-state index contributed by atoms with van der Waals surface area (Å²) in [5.41, 5.74) is 0. The monoisotopic (exact) mass is 172 g/mol. The molecule has 0 radical (unpaired) electrons. The fourth-order valence-corrected chi connectivity index (χ4v) is 1.98. The third kappa shape index (κ3) is 1.63. The lowest BCUT2D eigenvalue weighted by molar-refractivity contribution is -0.394. The van der Waals surface area contributed by atoms with Crippen molar-refractivity contribution in [1.29, 1.82) is 0 Å². The molecule has 1 heterocycles. The lowest BCUT2D eigenvalue weighted by Gasteiger charge is -2.41. The molecule has 2 rings (SSSR count). The molecule has 0 amide bonds. The normalized spacial score (nSPS) is 48.5. The van der Waals surface area contributed by atoms with E-state index in [2.05, 4.69) is 0 Å². The highest BCUT2D eigenvalue weighted by molar-refractivity contribution is 4.76. The van der Waals surface area contributed by atoms with Crippen molar-refractivity contribution in [2.75, 3.05) is 0 Å². The Morgan fingerprint density at radius 3 is 2.17 bits per heavy atom. The van der Waals surface area contributed by atoms with E-state index < -0.39 is 0 Å². The molecule has 70 valence electrons. The average Bonchev–Trinajstić information content (AvgIpc) is 2.01. The Bertz CT molecular complexity index is 146. The zero-order valence-electron chi connectivity index (χ0n) is 7.40. The summed E-state index contributed by atoms with van der Waals surface area (Å²) in [4.78, 5) is 0. The Balaban J connectivity index is 1.75. The number of hydrogen-bond acceptors (Lipinski definition) is 3. The summed E-state index contributed by atoms with van der Waals surface area (Å²) in [6, 6.07) is 0. The Hall–Kier alpha value is -0.120. The van der Waals surface area contributed by atoms with Gasteiger partial charge in [-0.25, -0.2) is 0 Å². The van der Waals surface area contributed by atoms with Crippen LogP contribution in [0.3, 0.4) is 0 Å². The second-order valence-corrected chi connectivity index (χ2v) is 3.78. The molecular formula is C9H16O3. The fraction of sp³-hybridized carbons (Fsp3) is 1.00. The topological polar surface area (TPSA) is 38.7 Å². The van der Waals surface area contributed by atoms with E-state index in [1.165, 1.54) is 0 Å². The molecule has 0 bridgehead atoms. The van der Waals surface area contributed by atoms with Gasteiger partial charge < -0.3 is 14.6 Å². The molecule has 0 atom stereocenters. The van der Waals surface area contributed by atoms with Crippen LogP contribution in [0.15, 0.2) is 0 Å². The van der Waals surface area contributed by atoms with Gasteiger partial charge in [-0.3, -0.25) is 0 Å². The number of ether oxygens (including phenoxy) is 2. The summed E-state index contributed by atoms with van der Waals surface area (Å²) in [7, 11) is 0. The summed E-state index contributed by atoms with van der Waals surface area (Å²) in [5, 5.41) is 9.27. The first-order valence-corrected chi connectivity index (χ1v) is 4.74. The van der Waals surface area contributed by atoms with Crippen LogP contribution in [0.25, 0.3) is 0 Å². The Labute approximate surface area is 72.7 Å². The largest absolute Gasteiger partial charge is 0.393 e. The first-order chi connectivity index (χ1) is 5.75. The smallest absolute Gasteiger partial charge is 0.166 e. The van der Waals surface area contributed by atoms with Gasteiger partial charge in [-0.1, -0.05) is 0 Å². The van der Waals surface area contributed by atoms with Gasteiger partial charge >= 0.3 is 0 Å². The van der Waals surface area contributed by atoms with Gasteiger partial charge in [0.05, 0.1) is 6.10 Å². The molecule has 1 N–H and O–H groups in total. The highest BCUT2D eigenvalue weighted by Gasteiger charge is 2.36. The zero-order chi connectivity index (χ0) is 8.55. The van der Waals surface area contributed by atoms with Gasteiger partial charge in [-0.2, -0.15) is 0 Å². The molecule has 0 unspecified atom stereocenters. The maximum absolute atomic E-state index is 9.27. The molecule has 1 aliphatic carbocycles. The lowest BCUT2D eigenvalue weighted by Crippen LogP contribution is -2.45. The average molecular weight is 172 g/mol. The van der Waals surface area contributed by atoms with Crippen LogP contribution in [0.5, 0.6) is 0 Å². The molecule has 0 aromatic carbocycles. The second kappa shape index (κ2) is 3.32. The quantitative estimate of drug-likeness (QED) is 0.647. The molecule has 3 heteroatoms. The third-order valence-electron chi connectivity index (χ3n) is 2.78. The first-order valence-electron chi connectivity index (χ1n) is 4.74. The standard InChI is InChI=1S/C9H16O3/c1-6-11-9(12-6)7-2-4-8(10)5-3-7/h6-10H,2-5H2,1H3. The Morgan fingerprint density at radius 1 is 1.08 bits per heavy atom.